The van der Waals surface area contributed by atoms with E-state index in [9.17, 15) is 9.59 Å². The summed E-state index contributed by atoms with van der Waals surface area (Å²) >= 11 is 0. The number of hydrogen-bond donors (Lipinski definition) is 3. The molecule has 5 nitrogen and oxygen atoms in total. The third-order valence-corrected chi connectivity index (χ3v) is 2.56. The lowest BCUT2D eigenvalue weighted by Crippen LogP contribution is -2.48. The molecular weight excluding hydrogens is 232 g/mol. The van der Waals surface area contributed by atoms with Crippen LogP contribution in [0.4, 0.5) is 4.79 Å². The van der Waals surface area contributed by atoms with Crippen molar-refractivity contribution in [2.24, 2.45) is 5.92 Å². The van der Waals surface area contributed by atoms with Gasteiger partial charge in [-0.15, -0.1) is 0 Å². The van der Waals surface area contributed by atoms with Gasteiger partial charge in [0.25, 0.3) is 0 Å². The van der Waals surface area contributed by atoms with Gasteiger partial charge >= 0.3 is 12.0 Å². The van der Waals surface area contributed by atoms with E-state index in [4.69, 9.17) is 5.11 Å². The van der Waals surface area contributed by atoms with Crippen molar-refractivity contribution < 1.29 is 14.7 Å². The first-order valence-electron chi connectivity index (χ1n) is 6.43. The van der Waals surface area contributed by atoms with Gasteiger partial charge in [-0.25, -0.2) is 4.79 Å². The zero-order valence-electron chi connectivity index (χ0n) is 12.0. The first kappa shape index (κ1) is 16.7. The van der Waals surface area contributed by atoms with Crippen LogP contribution in [0.15, 0.2) is 0 Å². The minimum Gasteiger partial charge on any atom is -0.481 e. The number of carbonyl (C=O) groups excluding carboxylic acids is 1. The molecule has 0 radical (unpaired) electrons. The lowest BCUT2D eigenvalue weighted by atomic mass is 10.0. The van der Waals surface area contributed by atoms with Gasteiger partial charge in [-0.3, -0.25) is 4.79 Å². The van der Waals surface area contributed by atoms with Gasteiger partial charge in [-0.1, -0.05) is 13.3 Å². The minimum absolute atomic E-state index is 0.0494. The van der Waals surface area contributed by atoms with Crippen LogP contribution in [0, 0.1) is 5.92 Å². The van der Waals surface area contributed by atoms with Crippen LogP contribution in [0.3, 0.4) is 0 Å². The molecule has 0 aliphatic heterocycles. The number of carboxylic acids is 1. The van der Waals surface area contributed by atoms with Crippen LogP contribution >= 0.6 is 0 Å². The lowest BCUT2D eigenvalue weighted by Gasteiger charge is -2.23. The highest BCUT2D eigenvalue weighted by Gasteiger charge is 2.16. The fourth-order valence-corrected chi connectivity index (χ4v) is 1.53. The molecule has 0 fully saturated rings. The summed E-state index contributed by atoms with van der Waals surface area (Å²) in [4.78, 5) is 22.2. The van der Waals surface area contributed by atoms with Crippen LogP contribution < -0.4 is 10.6 Å². The molecule has 0 spiro atoms. The monoisotopic (exact) mass is 258 g/mol. The summed E-state index contributed by atoms with van der Waals surface area (Å²) in [6.45, 7) is 9.39. The highest BCUT2D eigenvalue weighted by molar-refractivity contribution is 5.74. The van der Waals surface area contributed by atoms with Crippen molar-refractivity contribution >= 4 is 12.0 Å². The number of carboxylic acid groups (broad SMARTS) is 1. The van der Waals surface area contributed by atoms with Gasteiger partial charge in [0.2, 0.25) is 0 Å². The van der Waals surface area contributed by atoms with E-state index >= 15 is 0 Å². The van der Waals surface area contributed by atoms with Gasteiger partial charge < -0.3 is 15.7 Å². The van der Waals surface area contributed by atoms with Crippen molar-refractivity contribution in [3.8, 4) is 0 Å². The summed E-state index contributed by atoms with van der Waals surface area (Å²) in [5.74, 6) is -1.08. The Bertz CT molecular complexity index is 284. The second-order valence-corrected chi connectivity index (χ2v) is 5.92. The molecule has 3 N–H and O–H groups in total. The Morgan fingerprint density at radius 2 is 1.72 bits per heavy atom. The molecule has 0 saturated carbocycles. The lowest BCUT2D eigenvalue weighted by molar-refractivity contribution is -0.141. The third kappa shape index (κ3) is 8.84. The number of carbonyl (C=O) groups is 2. The number of rotatable bonds is 6. The van der Waals surface area contributed by atoms with E-state index in [1.54, 1.807) is 6.92 Å². The Hall–Kier alpha value is -1.26. The molecule has 0 heterocycles. The van der Waals surface area contributed by atoms with Crippen LogP contribution in [0.2, 0.25) is 0 Å². The van der Waals surface area contributed by atoms with E-state index < -0.39 is 5.97 Å². The Morgan fingerprint density at radius 3 is 2.17 bits per heavy atom. The Kier molecular flexibility index (Phi) is 6.73. The summed E-state index contributed by atoms with van der Waals surface area (Å²) in [5.41, 5.74) is -0.248. The number of amides is 2. The maximum absolute atomic E-state index is 11.6. The van der Waals surface area contributed by atoms with Crippen molar-refractivity contribution in [2.75, 3.05) is 0 Å². The molecule has 0 saturated heterocycles. The van der Waals surface area contributed by atoms with E-state index in [1.165, 1.54) is 0 Å². The molecule has 2 unspecified atom stereocenters. The van der Waals surface area contributed by atoms with Crippen molar-refractivity contribution in [1.29, 1.82) is 0 Å². The largest absolute Gasteiger partial charge is 0.481 e. The van der Waals surface area contributed by atoms with Crippen LogP contribution in [0.25, 0.3) is 0 Å². The highest BCUT2D eigenvalue weighted by atomic mass is 16.4. The zero-order chi connectivity index (χ0) is 14.3. The van der Waals surface area contributed by atoms with Crippen LogP contribution in [0.1, 0.15) is 53.9 Å². The summed E-state index contributed by atoms with van der Waals surface area (Å²) in [6.07, 6.45) is 2.22. The molecule has 18 heavy (non-hydrogen) atoms. The molecular formula is C13H26N2O3. The van der Waals surface area contributed by atoms with E-state index in [1.807, 2.05) is 27.7 Å². The molecule has 5 heteroatoms. The molecule has 0 aliphatic carbocycles. The fourth-order valence-electron chi connectivity index (χ4n) is 1.53. The second kappa shape index (κ2) is 7.24. The topological polar surface area (TPSA) is 78.4 Å². The summed E-state index contributed by atoms with van der Waals surface area (Å²) in [6, 6.07) is -0.130. The molecule has 0 aromatic heterocycles. The molecule has 106 valence electrons. The van der Waals surface area contributed by atoms with E-state index in [0.717, 1.165) is 12.8 Å². The van der Waals surface area contributed by atoms with Gasteiger partial charge in [0, 0.05) is 11.6 Å². The van der Waals surface area contributed by atoms with Crippen LogP contribution in [-0.4, -0.2) is 28.7 Å². The normalized spacial score (nSPS) is 14.7. The van der Waals surface area contributed by atoms with Crippen molar-refractivity contribution in [1.82, 2.24) is 10.6 Å². The minimum atomic E-state index is -0.763. The Labute approximate surface area is 109 Å². The third-order valence-electron chi connectivity index (χ3n) is 2.56. The van der Waals surface area contributed by atoms with E-state index in [-0.39, 0.29) is 23.5 Å². The quantitative estimate of drug-likeness (QED) is 0.684. The predicted molar refractivity (Wildman–Crippen MR) is 71.5 cm³/mol. The first-order chi connectivity index (χ1) is 8.11. The van der Waals surface area contributed by atoms with Crippen LogP contribution in [0.5, 0.6) is 0 Å². The molecule has 0 aliphatic rings. The molecule has 2 amide bonds. The number of urea groups is 1. The summed E-state index contributed by atoms with van der Waals surface area (Å²) in [7, 11) is 0. The Morgan fingerprint density at radius 1 is 1.17 bits per heavy atom. The van der Waals surface area contributed by atoms with Crippen molar-refractivity contribution in [2.45, 2.75) is 65.5 Å². The number of aliphatic carboxylic acids is 1. The van der Waals surface area contributed by atoms with Gasteiger partial charge in [0.15, 0.2) is 0 Å². The average Bonchev–Trinajstić information content (AvgIpc) is 2.13. The second-order valence-electron chi connectivity index (χ2n) is 5.92. The average molecular weight is 258 g/mol. The first-order valence-corrected chi connectivity index (χ1v) is 6.43. The molecule has 0 aromatic carbocycles. The zero-order valence-corrected chi connectivity index (χ0v) is 12.0. The predicted octanol–water partition coefficient (Wildman–Crippen LogP) is 2.36. The Balaban J connectivity index is 3.81. The van der Waals surface area contributed by atoms with E-state index in [2.05, 4.69) is 10.6 Å². The van der Waals surface area contributed by atoms with Gasteiger partial charge in [-0.05, 0) is 40.5 Å². The fraction of sp³-hybridized carbons (Fsp3) is 0.846. The van der Waals surface area contributed by atoms with Gasteiger partial charge in [-0.2, -0.15) is 0 Å². The maximum atomic E-state index is 11.6. The molecule has 0 rings (SSSR count). The van der Waals surface area contributed by atoms with Gasteiger partial charge in [0.1, 0.15) is 0 Å². The molecule has 2 atom stereocenters. The summed E-state index contributed by atoms with van der Waals surface area (Å²) < 4.78 is 0. The van der Waals surface area contributed by atoms with Crippen molar-refractivity contribution in [3.63, 3.8) is 0 Å². The smallest absolute Gasteiger partial charge is 0.315 e. The molecule has 0 aromatic rings. The van der Waals surface area contributed by atoms with Gasteiger partial charge in [0.05, 0.1) is 5.92 Å². The summed E-state index contributed by atoms with van der Waals surface area (Å²) in [5, 5.41) is 14.4. The maximum Gasteiger partial charge on any atom is 0.315 e. The van der Waals surface area contributed by atoms with Crippen molar-refractivity contribution in [3.05, 3.63) is 0 Å². The van der Waals surface area contributed by atoms with E-state index in [0.29, 0.717) is 6.42 Å². The molecule has 0 bridgehead atoms. The highest BCUT2D eigenvalue weighted by Crippen LogP contribution is 2.09. The SMILES string of the molecule is CC(CCCC(C)C(=O)O)NC(=O)NC(C)(C)C. The number of nitrogens with one attached hydrogen (secondary N) is 2. The number of hydrogen-bond acceptors (Lipinski definition) is 2. The standard InChI is InChI=1S/C13H26N2O3/c1-9(11(16)17)7-6-8-10(2)14-12(18)15-13(3,4)5/h9-10H,6-8H2,1-5H3,(H,16,17)(H2,14,15,18). The van der Waals surface area contributed by atoms with Crippen LogP contribution in [-0.2, 0) is 4.79 Å².